The van der Waals surface area contributed by atoms with Gasteiger partial charge >= 0.3 is 5.97 Å². The van der Waals surface area contributed by atoms with Crippen LogP contribution in [-0.2, 0) is 19.0 Å². The molecule has 0 fully saturated rings. The fourth-order valence-electron chi connectivity index (χ4n) is 4.47. The van der Waals surface area contributed by atoms with E-state index in [-0.39, 0.29) is 24.7 Å². The van der Waals surface area contributed by atoms with Crippen molar-refractivity contribution in [2.45, 2.75) is 94.9 Å². The van der Waals surface area contributed by atoms with E-state index in [1.165, 1.54) is 11.6 Å². The normalized spacial score (nSPS) is 34.4. The zero-order valence-corrected chi connectivity index (χ0v) is 20.8. The number of carbonyl (C=O) groups is 1. The Morgan fingerprint density at radius 1 is 1.14 bits per heavy atom. The number of aliphatic hydroxyl groups is 2. The molecule has 2 bridgehead atoms. The van der Waals surface area contributed by atoms with Crippen molar-refractivity contribution in [2.24, 2.45) is 0 Å². The van der Waals surface area contributed by atoms with Gasteiger partial charge in [-0.2, -0.15) is 0 Å². The lowest BCUT2D eigenvalue weighted by molar-refractivity contribution is -0.147. The number of hydrogen-bond donors (Lipinski definition) is 2. The molecule has 0 aromatic rings. The van der Waals surface area contributed by atoms with Gasteiger partial charge in [0.25, 0.3) is 0 Å². The summed E-state index contributed by atoms with van der Waals surface area (Å²) >= 11 is 0. The van der Waals surface area contributed by atoms with E-state index in [0.717, 1.165) is 37.7 Å². The third-order valence-corrected chi connectivity index (χ3v) is 6.46. The summed E-state index contributed by atoms with van der Waals surface area (Å²) < 4.78 is 17.4. The highest BCUT2D eigenvalue weighted by atomic mass is 16.6. The lowest BCUT2D eigenvalue weighted by atomic mass is 9.99. The van der Waals surface area contributed by atoms with Crippen molar-refractivity contribution in [2.75, 3.05) is 6.61 Å². The molecule has 0 radical (unpaired) electrons. The molecule has 0 saturated carbocycles. The molecular formula is C29H40O6. The van der Waals surface area contributed by atoms with Crippen molar-refractivity contribution in [3.63, 3.8) is 0 Å². The van der Waals surface area contributed by atoms with Crippen LogP contribution in [-0.4, -0.2) is 59.4 Å². The number of hydrogen-bond acceptors (Lipinski definition) is 6. The molecule has 0 aromatic carbocycles. The van der Waals surface area contributed by atoms with Gasteiger partial charge in [-0.05, 0) is 51.9 Å². The number of fused-ring (bicyclic) bond motifs is 2. The van der Waals surface area contributed by atoms with Gasteiger partial charge in [-0.15, -0.1) is 0 Å². The summed E-state index contributed by atoms with van der Waals surface area (Å²) in [5.41, 5.74) is 2.24. The first kappa shape index (κ1) is 27.3. The van der Waals surface area contributed by atoms with Crippen LogP contribution in [0, 0.1) is 0 Å². The van der Waals surface area contributed by atoms with Gasteiger partial charge in [0, 0.05) is 12.5 Å². The first-order chi connectivity index (χ1) is 16.9. The van der Waals surface area contributed by atoms with Gasteiger partial charge in [0.1, 0.15) is 12.2 Å². The fraction of sp³-hybridized carbons (Fsp3) is 0.552. The smallest absolute Gasteiger partial charge is 0.330 e. The molecule has 6 nitrogen and oxygen atoms in total. The molecule has 0 amide bonds. The van der Waals surface area contributed by atoms with Crippen molar-refractivity contribution in [1.29, 1.82) is 0 Å². The summed E-state index contributed by atoms with van der Waals surface area (Å²) in [4.78, 5) is 12.5. The number of rotatable bonds is 3. The zero-order chi connectivity index (χ0) is 25.0. The third-order valence-electron chi connectivity index (χ3n) is 6.46. The largest absolute Gasteiger partial charge is 0.456 e. The van der Waals surface area contributed by atoms with E-state index >= 15 is 0 Å². The Labute approximate surface area is 209 Å². The number of esters is 1. The summed E-state index contributed by atoms with van der Waals surface area (Å²) in [7, 11) is 0. The molecule has 6 heteroatoms. The van der Waals surface area contributed by atoms with Gasteiger partial charge in [0.05, 0.1) is 31.0 Å². The van der Waals surface area contributed by atoms with Gasteiger partial charge < -0.3 is 24.4 Å². The average molecular weight is 485 g/mol. The molecule has 2 N–H and O–H groups in total. The minimum absolute atomic E-state index is 0.0676. The Kier molecular flexibility index (Phi) is 11.2. The van der Waals surface area contributed by atoms with Crippen LogP contribution in [0.15, 0.2) is 72.4 Å². The SMILES string of the molecule is C=C1CCC[C@@H]2CC=C[C@@H](C/C=C\C(=O)O[C@H]([C@@H](O)/C=C/[C@@H]3CC(C)=CCO3)C/C=C\[C@@H](O)C1)O2. The summed E-state index contributed by atoms with van der Waals surface area (Å²) in [5.74, 6) is -0.519. The molecule has 3 rings (SSSR count). The van der Waals surface area contributed by atoms with Crippen LogP contribution in [0.2, 0.25) is 0 Å². The Bertz CT molecular complexity index is 851. The van der Waals surface area contributed by atoms with Crippen LogP contribution in [0.1, 0.15) is 58.3 Å². The predicted molar refractivity (Wildman–Crippen MR) is 137 cm³/mol. The Balaban J connectivity index is 1.67. The first-order valence-electron chi connectivity index (χ1n) is 12.7. The van der Waals surface area contributed by atoms with E-state index in [4.69, 9.17) is 14.2 Å². The second-order valence-electron chi connectivity index (χ2n) is 9.65. The molecule has 35 heavy (non-hydrogen) atoms. The monoisotopic (exact) mass is 484 g/mol. The molecule has 3 aliphatic rings. The second kappa shape index (κ2) is 14.3. The molecule has 3 aliphatic heterocycles. The maximum absolute atomic E-state index is 12.5. The second-order valence-corrected chi connectivity index (χ2v) is 9.65. The Morgan fingerprint density at radius 3 is 2.80 bits per heavy atom. The van der Waals surface area contributed by atoms with E-state index in [9.17, 15) is 15.0 Å². The number of aliphatic hydroxyl groups excluding tert-OH is 2. The van der Waals surface area contributed by atoms with Crippen molar-refractivity contribution in [1.82, 2.24) is 0 Å². The van der Waals surface area contributed by atoms with Gasteiger partial charge in [0.15, 0.2) is 0 Å². The lowest BCUT2D eigenvalue weighted by Gasteiger charge is -2.25. The molecule has 3 heterocycles. The van der Waals surface area contributed by atoms with E-state index < -0.39 is 24.3 Å². The molecule has 0 unspecified atom stereocenters. The maximum atomic E-state index is 12.5. The van der Waals surface area contributed by atoms with Gasteiger partial charge in [-0.1, -0.05) is 66.3 Å². The molecule has 6 atom stereocenters. The van der Waals surface area contributed by atoms with Crippen LogP contribution in [0.3, 0.4) is 0 Å². The number of ether oxygens (including phenoxy) is 3. The quantitative estimate of drug-likeness (QED) is 0.448. The van der Waals surface area contributed by atoms with Crippen LogP contribution < -0.4 is 0 Å². The van der Waals surface area contributed by atoms with Gasteiger partial charge in [-0.25, -0.2) is 4.79 Å². The van der Waals surface area contributed by atoms with E-state index in [1.807, 2.05) is 18.2 Å². The molecule has 0 saturated heterocycles. The molecule has 0 spiro atoms. The van der Waals surface area contributed by atoms with Crippen LogP contribution in [0.25, 0.3) is 0 Å². The van der Waals surface area contributed by atoms with E-state index in [2.05, 4.69) is 19.6 Å². The maximum Gasteiger partial charge on any atom is 0.330 e. The summed E-state index contributed by atoms with van der Waals surface area (Å²) in [6.45, 7) is 6.71. The summed E-state index contributed by atoms with van der Waals surface area (Å²) in [5, 5.41) is 21.2. The highest BCUT2D eigenvalue weighted by molar-refractivity contribution is 5.82. The van der Waals surface area contributed by atoms with Crippen molar-refractivity contribution >= 4 is 5.97 Å². The first-order valence-corrected chi connectivity index (χ1v) is 12.7. The van der Waals surface area contributed by atoms with Crippen molar-refractivity contribution < 1.29 is 29.2 Å². The predicted octanol–water partition coefficient (Wildman–Crippen LogP) is 4.65. The summed E-state index contributed by atoms with van der Waals surface area (Å²) in [6.07, 6.45) is 19.5. The standard InChI is InChI=1S/C29H40O6/c1-21-7-3-9-24-10-5-11-25(34-24)12-6-14-29(32)35-28(13-4-8-23(30)19-21)27(31)16-15-26-20-22(2)17-18-33-26/h4-6,8,11,14-17,23-28,30-31H,1,3,7,9-10,12-13,18-20H2,2H3/b8-4-,14-6-,16-15+/t23-,24-,25+,26-,27+,28+/m1/s1. The molecule has 0 aliphatic carbocycles. The van der Waals surface area contributed by atoms with Crippen molar-refractivity contribution in [3.8, 4) is 0 Å². The average Bonchev–Trinajstić information content (AvgIpc) is 2.81. The Hall–Kier alpha value is -2.25. The van der Waals surface area contributed by atoms with Crippen molar-refractivity contribution in [3.05, 3.63) is 72.4 Å². The van der Waals surface area contributed by atoms with Gasteiger partial charge in [-0.3, -0.25) is 0 Å². The molecule has 0 aromatic heterocycles. The summed E-state index contributed by atoms with van der Waals surface area (Å²) in [6, 6.07) is 0. The lowest BCUT2D eigenvalue weighted by Crippen LogP contribution is -2.30. The van der Waals surface area contributed by atoms with E-state index in [1.54, 1.807) is 24.3 Å². The third kappa shape index (κ3) is 10.1. The van der Waals surface area contributed by atoms with Crippen LogP contribution in [0.4, 0.5) is 0 Å². The van der Waals surface area contributed by atoms with E-state index in [0.29, 0.717) is 19.4 Å². The topological polar surface area (TPSA) is 85.2 Å². The minimum Gasteiger partial charge on any atom is -0.456 e. The molecular weight excluding hydrogens is 444 g/mol. The highest BCUT2D eigenvalue weighted by Gasteiger charge is 2.22. The van der Waals surface area contributed by atoms with Crippen LogP contribution >= 0.6 is 0 Å². The van der Waals surface area contributed by atoms with Crippen LogP contribution in [0.5, 0.6) is 0 Å². The van der Waals surface area contributed by atoms with Gasteiger partial charge in [0.2, 0.25) is 0 Å². The number of carbonyl (C=O) groups excluding carboxylic acids is 1. The zero-order valence-electron chi connectivity index (χ0n) is 20.8. The fourth-order valence-corrected chi connectivity index (χ4v) is 4.47. The minimum atomic E-state index is -1.00. The molecule has 192 valence electrons. The number of cyclic esters (lactones) is 1. The Morgan fingerprint density at radius 2 is 1.97 bits per heavy atom. The highest BCUT2D eigenvalue weighted by Crippen LogP contribution is 2.22.